The van der Waals surface area contributed by atoms with Gasteiger partial charge in [-0.05, 0) is 42.0 Å². The number of aryl methyl sites for hydroxylation is 1. The average molecular weight is 266 g/mol. The Morgan fingerprint density at radius 1 is 1.10 bits per heavy atom. The minimum absolute atomic E-state index is 0.742. The molecule has 0 saturated heterocycles. The molecule has 0 aliphatic heterocycles. The van der Waals surface area contributed by atoms with Crippen molar-refractivity contribution in [2.75, 3.05) is 0 Å². The molecule has 1 fully saturated rings. The quantitative estimate of drug-likeness (QED) is 0.856. The summed E-state index contributed by atoms with van der Waals surface area (Å²) in [4.78, 5) is 4.40. The van der Waals surface area contributed by atoms with Crippen LogP contribution in [-0.2, 0) is 13.0 Å². The zero-order valence-electron chi connectivity index (χ0n) is 12.1. The van der Waals surface area contributed by atoms with E-state index in [1.54, 1.807) is 0 Å². The highest BCUT2D eigenvalue weighted by Gasteiger charge is 2.19. The summed E-state index contributed by atoms with van der Waals surface area (Å²) in [6.45, 7) is 3.15. The SMILES string of the molecule is CCCc1cccc(-c2cncc(CNC3CC3)c2)c1. The third kappa shape index (κ3) is 3.45. The molecule has 2 nitrogen and oxygen atoms in total. The first-order chi connectivity index (χ1) is 9.85. The Morgan fingerprint density at radius 2 is 1.95 bits per heavy atom. The van der Waals surface area contributed by atoms with E-state index in [9.17, 15) is 0 Å². The van der Waals surface area contributed by atoms with E-state index in [1.165, 1.54) is 41.5 Å². The summed E-state index contributed by atoms with van der Waals surface area (Å²) in [5.74, 6) is 0. The molecule has 0 bridgehead atoms. The van der Waals surface area contributed by atoms with Gasteiger partial charge in [-0.15, -0.1) is 0 Å². The summed E-state index contributed by atoms with van der Waals surface area (Å²) in [6.07, 6.45) is 8.91. The molecule has 1 aliphatic carbocycles. The summed E-state index contributed by atoms with van der Waals surface area (Å²) in [5.41, 5.74) is 5.18. The Hall–Kier alpha value is -1.67. The third-order valence-electron chi connectivity index (χ3n) is 3.77. The minimum atomic E-state index is 0.742. The molecular formula is C18H22N2. The lowest BCUT2D eigenvalue weighted by Crippen LogP contribution is -2.15. The smallest absolute Gasteiger partial charge is 0.0346 e. The van der Waals surface area contributed by atoms with Gasteiger partial charge in [0.1, 0.15) is 0 Å². The van der Waals surface area contributed by atoms with Crippen molar-refractivity contribution < 1.29 is 0 Å². The van der Waals surface area contributed by atoms with Crippen LogP contribution in [-0.4, -0.2) is 11.0 Å². The van der Waals surface area contributed by atoms with Crippen molar-refractivity contribution >= 4 is 0 Å². The number of pyridine rings is 1. The van der Waals surface area contributed by atoms with Crippen LogP contribution in [0, 0.1) is 0 Å². The van der Waals surface area contributed by atoms with Crippen LogP contribution in [0.25, 0.3) is 11.1 Å². The summed E-state index contributed by atoms with van der Waals surface area (Å²) in [5, 5.41) is 3.54. The van der Waals surface area contributed by atoms with E-state index in [1.807, 2.05) is 12.4 Å². The maximum atomic E-state index is 4.40. The van der Waals surface area contributed by atoms with Crippen molar-refractivity contribution in [3.63, 3.8) is 0 Å². The lowest BCUT2D eigenvalue weighted by molar-refractivity contribution is 0.686. The van der Waals surface area contributed by atoms with Crippen LogP contribution in [0.1, 0.15) is 37.3 Å². The van der Waals surface area contributed by atoms with Crippen molar-refractivity contribution in [2.24, 2.45) is 0 Å². The van der Waals surface area contributed by atoms with Gasteiger partial charge in [-0.25, -0.2) is 0 Å². The maximum absolute atomic E-state index is 4.40. The predicted octanol–water partition coefficient (Wildman–Crippen LogP) is 3.95. The normalized spacial score (nSPS) is 14.4. The van der Waals surface area contributed by atoms with Gasteiger partial charge < -0.3 is 5.32 Å². The van der Waals surface area contributed by atoms with Gasteiger partial charge in [0.25, 0.3) is 0 Å². The molecule has 0 atom stereocenters. The van der Waals surface area contributed by atoms with Gasteiger partial charge in [-0.3, -0.25) is 4.98 Å². The Kier molecular flexibility index (Phi) is 4.12. The molecule has 2 heteroatoms. The molecule has 0 radical (unpaired) electrons. The number of hydrogen-bond acceptors (Lipinski definition) is 2. The zero-order chi connectivity index (χ0) is 13.8. The van der Waals surface area contributed by atoms with E-state index in [0.29, 0.717) is 0 Å². The van der Waals surface area contributed by atoms with Gasteiger partial charge in [0.05, 0.1) is 0 Å². The first-order valence-corrected chi connectivity index (χ1v) is 7.62. The number of nitrogens with zero attached hydrogens (tertiary/aromatic N) is 1. The Morgan fingerprint density at radius 3 is 2.75 bits per heavy atom. The van der Waals surface area contributed by atoms with Crippen LogP contribution in [0.15, 0.2) is 42.7 Å². The second-order valence-electron chi connectivity index (χ2n) is 5.69. The minimum Gasteiger partial charge on any atom is -0.310 e. The topological polar surface area (TPSA) is 24.9 Å². The van der Waals surface area contributed by atoms with E-state index in [4.69, 9.17) is 0 Å². The van der Waals surface area contributed by atoms with Gasteiger partial charge in [0.15, 0.2) is 0 Å². The second kappa shape index (κ2) is 6.19. The van der Waals surface area contributed by atoms with E-state index >= 15 is 0 Å². The number of benzene rings is 1. The van der Waals surface area contributed by atoms with Crippen LogP contribution in [0.3, 0.4) is 0 Å². The predicted molar refractivity (Wildman–Crippen MR) is 83.5 cm³/mol. The fraction of sp³-hybridized carbons (Fsp3) is 0.389. The molecule has 104 valence electrons. The fourth-order valence-corrected chi connectivity index (χ4v) is 2.49. The molecule has 0 unspecified atom stereocenters. The summed E-state index contributed by atoms with van der Waals surface area (Å²) in [7, 11) is 0. The highest BCUT2D eigenvalue weighted by molar-refractivity contribution is 5.63. The Labute approximate surface area is 121 Å². The second-order valence-corrected chi connectivity index (χ2v) is 5.69. The molecule has 3 rings (SSSR count). The Balaban J connectivity index is 1.77. The highest BCUT2D eigenvalue weighted by Crippen LogP contribution is 2.22. The summed E-state index contributed by atoms with van der Waals surface area (Å²) in [6, 6.07) is 11.8. The van der Waals surface area contributed by atoms with Crippen LogP contribution >= 0.6 is 0 Å². The largest absolute Gasteiger partial charge is 0.310 e. The standard InChI is InChI=1S/C18H22N2/c1-2-4-14-5-3-6-16(9-14)17-10-15(11-19-13-17)12-20-18-7-8-18/h3,5-6,9-11,13,18,20H,2,4,7-8,12H2,1H3. The van der Waals surface area contributed by atoms with Crippen molar-refractivity contribution in [1.82, 2.24) is 10.3 Å². The number of rotatable bonds is 6. The molecule has 2 aromatic rings. The highest BCUT2D eigenvalue weighted by atomic mass is 14.9. The van der Waals surface area contributed by atoms with Crippen molar-refractivity contribution in [3.8, 4) is 11.1 Å². The van der Waals surface area contributed by atoms with Crippen molar-refractivity contribution in [3.05, 3.63) is 53.9 Å². The van der Waals surface area contributed by atoms with Gasteiger partial charge >= 0.3 is 0 Å². The molecule has 1 N–H and O–H groups in total. The number of nitrogens with one attached hydrogen (secondary N) is 1. The maximum Gasteiger partial charge on any atom is 0.0346 e. The van der Waals surface area contributed by atoms with Gasteiger partial charge in [-0.2, -0.15) is 0 Å². The molecule has 1 aromatic carbocycles. The van der Waals surface area contributed by atoms with Crippen molar-refractivity contribution in [2.45, 2.75) is 45.2 Å². The molecule has 1 saturated carbocycles. The average Bonchev–Trinajstić information content (AvgIpc) is 3.30. The van der Waals surface area contributed by atoms with E-state index in [0.717, 1.165) is 19.0 Å². The van der Waals surface area contributed by atoms with E-state index in [2.05, 4.69) is 47.6 Å². The lowest BCUT2D eigenvalue weighted by Gasteiger charge is -2.07. The van der Waals surface area contributed by atoms with Gasteiger partial charge in [-0.1, -0.05) is 37.6 Å². The zero-order valence-corrected chi connectivity index (χ0v) is 12.1. The lowest BCUT2D eigenvalue weighted by atomic mass is 10.0. The molecule has 1 aromatic heterocycles. The van der Waals surface area contributed by atoms with Crippen LogP contribution in [0.2, 0.25) is 0 Å². The van der Waals surface area contributed by atoms with Gasteiger partial charge in [0, 0.05) is 30.5 Å². The summed E-state index contributed by atoms with van der Waals surface area (Å²) >= 11 is 0. The van der Waals surface area contributed by atoms with E-state index < -0.39 is 0 Å². The number of aromatic nitrogens is 1. The molecule has 0 spiro atoms. The monoisotopic (exact) mass is 266 g/mol. The molecular weight excluding hydrogens is 244 g/mol. The van der Waals surface area contributed by atoms with Crippen LogP contribution < -0.4 is 5.32 Å². The molecule has 0 amide bonds. The fourth-order valence-electron chi connectivity index (χ4n) is 2.49. The third-order valence-corrected chi connectivity index (χ3v) is 3.77. The summed E-state index contributed by atoms with van der Waals surface area (Å²) < 4.78 is 0. The molecule has 1 aliphatic rings. The molecule has 20 heavy (non-hydrogen) atoms. The van der Waals surface area contributed by atoms with Crippen LogP contribution in [0.5, 0.6) is 0 Å². The first-order valence-electron chi connectivity index (χ1n) is 7.62. The van der Waals surface area contributed by atoms with Gasteiger partial charge in [0.2, 0.25) is 0 Å². The molecule has 1 heterocycles. The van der Waals surface area contributed by atoms with Crippen molar-refractivity contribution in [1.29, 1.82) is 0 Å². The Bertz CT molecular complexity index is 573. The first kappa shape index (κ1) is 13.3. The number of hydrogen-bond donors (Lipinski definition) is 1. The van der Waals surface area contributed by atoms with Crippen LogP contribution in [0.4, 0.5) is 0 Å². The van der Waals surface area contributed by atoms with E-state index in [-0.39, 0.29) is 0 Å².